The maximum Gasteiger partial charge on any atom is 0.106 e. The van der Waals surface area contributed by atoms with Crippen LogP contribution in [-0.4, -0.2) is 6.54 Å². The first-order valence-electron chi connectivity index (χ1n) is 6.59. The zero-order valence-corrected chi connectivity index (χ0v) is 13.5. The van der Waals surface area contributed by atoms with Gasteiger partial charge in [0.2, 0.25) is 0 Å². The molecular formula is C16H20BrNO. The van der Waals surface area contributed by atoms with Gasteiger partial charge in [0.1, 0.15) is 11.5 Å². The van der Waals surface area contributed by atoms with Crippen molar-refractivity contribution in [2.75, 3.05) is 6.54 Å². The van der Waals surface area contributed by atoms with E-state index in [2.05, 4.69) is 59.4 Å². The highest BCUT2D eigenvalue weighted by atomic mass is 79.9. The first-order chi connectivity index (χ1) is 9.02. The molecule has 2 rings (SSSR count). The number of furan rings is 1. The summed E-state index contributed by atoms with van der Waals surface area (Å²) in [5.74, 6) is 1.94. The van der Waals surface area contributed by atoms with Gasteiger partial charge in [-0.15, -0.1) is 0 Å². The fraction of sp³-hybridized carbons (Fsp3) is 0.375. The molecule has 1 atom stereocenters. The van der Waals surface area contributed by atoms with Gasteiger partial charge < -0.3 is 9.73 Å². The van der Waals surface area contributed by atoms with E-state index in [4.69, 9.17) is 4.42 Å². The van der Waals surface area contributed by atoms with E-state index in [1.807, 2.05) is 13.8 Å². The largest absolute Gasteiger partial charge is 0.466 e. The van der Waals surface area contributed by atoms with Crippen LogP contribution in [0.1, 0.15) is 41.2 Å². The van der Waals surface area contributed by atoms with Gasteiger partial charge in [-0.05, 0) is 45.0 Å². The molecule has 1 aromatic heterocycles. The Hall–Kier alpha value is -1.06. The molecule has 0 aliphatic rings. The predicted octanol–water partition coefficient (Wildman–Crippen LogP) is 4.67. The second-order valence-corrected chi connectivity index (χ2v) is 5.74. The summed E-state index contributed by atoms with van der Waals surface area (Å²) in [5.41, 5.74) is 3.73. The number of hydrogen-bond donors (Lipinski definition) is 1. The minimum Gasteiger partial charge on any atom is -0.466 e. The van der Waals surface area contributed by atoms with Crippen molar-refractivity contribution in [3.05, 3.63) is 56.9 Å². The lowest BCUT2D eigenvalue weighted by Crippen LogP contribution is -2.22. The van der Waals surface area contributed by atoms with Crippen LogP contribution in [0.15, 0.2) is 33.2 Å². The smallest absolute Gasteiger partial charge is 0.106 e. The van der Waals surface area contributed by atoms with Crippen LogP contribution in [0, 0.1) is 20.8 Å². The minimum absolute atomic E-state index is 0.164. The van der Waals surface area contributed by atoms with Crippen LogP contribution in [0.2, 0.25) is 0 Å². The molecule has 0 saturated carbocycles. The number of nitrogens with one attached hydrogen (secondary N) is 1. The van der Waals surface area contributed by atoms with E-state index < -0.39 is 0 Å². The molecule has 2 nitrogen and oxygen atoms in total. The molecule has 1 heterocycles. The van der Waals surface area contributed by atoms with Crippen molar-refractivity contribution in [3.63, 3.8) is 0 Å². The van der Waals surface area contributed by atoms with Crippen molar-refractivity contribution in [2.45, 2.75) is 33.7 Å². The second kappa shape index (κ2) is 5.93. The third-order valence-electron chi connectivity index (χ3n) is 3.26. The van der Waals surface area contributed by atoms with E-state index >= 15 is 0 Å². The van der Waals surface area contributed by atoms with Crippen molar-refractivity contribution < 1.29 is 4.42 Å². The molecule has 0 radical (unpaired) electrons. The van der Waals surface area contributed by atoms with Crippen molar-refractivity contribution >= 4 is 15.9 Å². The fourth-order valence-electron chi connectivity index (χ4n) is 2.41. The average Bonchev–Trinajstić information content (AvgIpc) is 2.69. The van der Waals surface area contributed by atoms with Gasteiger partial charge in [-0.2, -0.15) is 0 Å². The van der Waals surface area contributed by atoms with Gasteiger partial charge >= 0.3 is 0 Å². The Kier molecular flexibility index (Phi) is 4.48. The van der Waals surface area contributed by atoms with Crippen LogP contribution < -0.4 is 5.32 Å². The number of rotatable bonds is 4. The molecule has 0 aliphatic heterocycles. The predicted molar refractivity (Wildman–Crippen MR) is 82.6 cm³/mol. The summed E-state index contributed by atoms with van der Waals surface area (Å²) in [5, 5.41) is 3.55. The third-order valence-corrected chi connectivity index (χ3v) is 3.98. The first kappa shape index (κ1) is 14.4. The van der Waals surface area contributed by atoms with Crippen LogP contribution in [0.25, 0.3) is 0 Å². The highest BCUT2D eigenvalue weighted by Gasteiger charge is 2.20. The zero-order chi connectivity index (χ0) is 14.0. The highest BCUT2D eigenvalue weighted by Crippen LogP contribution is 2.32. The first-order valence-corrected chi connectivity index (χ1v) is 7.38. The van der Waals surface area contributed by atoms with Gasteiger partial charge in [0.15, 0.2) is 0 Å². The summed E-state index contributed by atoms with van der Waals surface area (Å²) in [6.45, 7) is 9.17. The quantitative estimate of drug-likeness (QED) is 0.885. The van der Waals surface area contributed by atoms with Gasteiger partial charge in [-0.1, -0.05) is 40.5 Å². The molecule has 0 spiro atoms. The monoisotopic (exact) mass is 321 g/mol. The molecule has 3 heteroatoms. The molecular weight excluding hydrogens is 302 g/mol. The van der Waals surface area contributed by atoms with E-state index in [0.717, 1.165) is 22.5 Å². The van der Waals surface area contributed by atoms with Crippen LogP contribution >= 0.6 is 15.9 Å². The molecule has 1 unspecified atom stereocenters. The molecule has 0 bridgehead atoms. The number of hydrogen-bond acceptors (Lipinski definition) is 2. The number of halogens is 1. The Bertz CT molecular complexity index is 574. The Morgan fingerprint density at radius 1 is 1.16 bits per heavy atom. The molecule has 0 amide bonds. The topological polar surface area (TPSA) is 25.2 Å². The summed E-state index contributed by atoms with van der Waals surface area (Å²) in [6, 6.07) is 8.73. The van der Waals surface area contributed by atoms with Crippen LogP contribution in [0.4, 0.5) is 0 Å². The lowest BCUT2D eigenvalue weighted by Gasteiger charge is -2.20. The van der Waals surface area contributed by atoms with Gasteiger partial charge in [0.05, 0.1) is 6.04 Å². The number of benzene rings is 1. The minimum atomic E-state index is 0.164. The molecule has 102 valence electrons. The Labute approximate surface area is 123 Å². The van der Waals surface area contributed by atoms with Crippen molar-refractivity contribution in [1.29, 1.82) is 0 Å². The van der Waals surface area contributed by atoms with Crippen LogP contribution in [0.3, 0.4) is 0 Å². The van der Waals surface area contributed by atoms with Crippen molar-refractivity contribution in [3.8, 4) is 0 Å². The summed E-state index contributed by atoms with van der Waals surface area (Å²) in [4.78, 5) is 0. The van der Waals surface area contributed by atoms with Crippen LogP contribution in [0.5, 0.6) is 0 Å². The Balaban J connectivity index is 2.51. The SMILES string of the molecule is CCNC(c1cc(C)ccc1Br)c1cc(C)oc1C. The molecule has 1 N–H and O–H groups in total. The van der Waals surface area contributed by atoms with Gasteiger partial charge in [-0.3, -0.25) is 0 Å². The maximum atomic E-state index is 5.68. The third kappa shape index (κ3) is 3.10. The maximum absolute atomic E-state index is 5.68. The van der Waals surface area contributed by atoms with E-state index in [9.17, 15) is 0 Å². The van der Waals surface area contributed by atoms with Gasteiger partial charge in [-0.25, -0.2) is 0 Å². The zero-order valence-electron chi connectivity index (χ0n) is 11.9. The second-order valence-electron chi connectivity index (χ2n) is 4.88. The Morgan fingerprint density at radius 2 is 1.89 bits per heavy atom. The molecule has 0 saturated heterocycles. The van der Waals surface area contributed by atoms with Crippen LogP contribution in [-0.2, 0) is 0 Å². The summed E-state index contributed by atoms with van der Waals surface area (Å²) < 4.78 is 6.81. The molecule has 2 aromatic rings. The average molecular weight is 322 g/mol. The van der Waals surface area contributed by atoms with E-state index in [1.54, 1.807) is 0 Å². The lowest BCUT2D eigenvalue weighted by molar-refractivity contribution is 0.495. The molecule has 0 fully saturated rings. The highest BCUT2D eigenvalue weighted by molar-refractivity contribution is 9.10. The van der Waals surface area contributed by atoms with E-state index in [-0.39, 0.29) is 6.04 Å². The fourth-order valence-corrected chi connectivity index (χ4v) is 2.89. The van der Waals surface area contributed by atoms with E-state index in [0.29, 0.717) is 0 Å². The van der Waals surface area contributed by atoms with Crippen molar-refractivity contribution in [2.24, 2.45) is 0 Å². The Morgan fingerprint density at radius 3 is 2.47 bits per heavy atom. The van der Waals surface area contributed by atoms with E-state index in [1.165, 1.54) is 16.7 Å². The lowest BCUT2D eigenvalue weighted by atomic mass is 9.97. The molecule has 0 aliphatic carbocycles. The molecule has 19 heavy (non-hydrogen) atoms. The van der Waals surface area contributed by atoms with Gasteiger partial charge in [0.25, 0.3) is 0 Å². The summed E-state index contributed by atoms with van der Waals surface area (Å²) in [7, 11) is 0. The summed E-state index contributed by atoms with van der Waals surface area (Å²) >= 11 is 3.66. The van der Waals surface area contributed by atoms with Gasteiger partial charge in [0, 0.05) is 10.0 Å². The normalized spacial score (nSPS) is 12.7. The molecule has 1 aromatic carbocycles. The summed E-state index contributed by atoms with van der Waals surface area (Å²) in [6.07, 6.45) is 0. The standard InChI is InChI=1S/C16H20BrNO/c1-5-18-16(13-9-11(3)19-12(13)4)14-8-10(2)6-7-15(14)17/h6-9,16,18H,5H2,1-4H3. The van der Waals surface area contributed by atoms with Crippen molar-refractivity contribution in [1.82, 2.24) is 5.32 Å². The number of aryl methyl sites for hydroxylation is 3.